The Morgan fingerprint density at radius 2 is 1.71 bits per heavy atom. The first-order valence-electron chi connectivity index (χ1n) is 6.46. The Labute approximate surface area is 118 Å². The molecule has 0 saturated heterocycles. The molecule has 0 amide bonds. The minimum absolute atomic E-state index is 0.109. The molecule has 2 aromatic heterocycles. The molecule has 2 aromatic carbocycles. The summed E-state index contributed by atoms with van der Waals surface area (Å²) in [4.78, 5) is 12.3. The summed E-state index contributed by atoms with van der Waals surface area (Å²) in [7, 11) is 0. The molecule has 1 N–H and O–H groups in total. The molecule has 0 saturated carbocycles. The predicted octanol–water partition coefficient (Wildman–Crippen LogP) is 3.91. The van der Waals surface area contributed by atoms with Crippen LogP contribution in [-0.4, -0.2) is 5.11 Å². The zero-order valence-electron chi connectivity index (χ0n) is 10.9. The van der Waals surface area contributed by atoms with Crippen LogP contribution in [0.3, 0.4) is 0 Å². The van der Waals surface area contributed by atoms with Gasteiger partial charge in [-0.25, -0.2) is 0 Å². The number of fused-ring (bicyclic) bond motifs is 3. The number of rotatable bonds is 1. The molecule has 0 spiro atoms. The first-order chi connectivity index (χ1) is 10.2. The molecule has 4 heteroatoms. The largest absolute Gasteiger partial charge is 0.508 e. The molecule has 0 radical (unpaired) electrons. The highest BCUT2D eigenvalue weighted by Gasteiger charge is 2.11. The van der Waals surface area contributed by atoms with Gasteiger partial charge in [0.2, 0.25) is 0 Å². The molecule has 4 nitrogen and oxygen atoms in total. The quantitative estimate of drug-likeness (QED) is 0.573. The van der Waals surface area contributed by atoms with Crippen LogP contribution in [0.5, 0.6) is 5.75 Å². The number of hydrogen-bond donors (Lipinski definition) is 1. The minimum Gasteiger partial charge on any atom is -0.508 e. The Hall–Kier alpha value is -3.01. The van der Waals surface area contributed by atoms with Crippen LogP contribution in [0.15, 0.2) is 68.4 Å². The molecule has 0 aliphatic carbocycles. The summed E-state index contributed by atoms with van der Waals surface area (Å²) in [6.07, 6.45) is 1.57. The Bertz CT molecular complexity index is 1010. The summed E-state index contributed by atoms with van der Waals surface area (Å²) in [6.45, 7) is 0. The van der Waals surface area contributed by atoms with Gasteiger partial charge in [0.1, 0.15) is 22.7 Å². The van der Waals surface area contributed by atoms with Gasteiger partial charge in [0.05, 0.1) is 17.0 Å². The van der Waals surface area contributed by atoms with Gasteiger partial charge in [0.15, 0.2) is 5.43 Å². The van der Waals surface area contributed by atoms with Crippen LogP contribution in [0.25, 0.3) is 33.3 Å². The van der Waals surface area contributed by atoms with Crippen molar-refractivity contribution in [3.8, 4) is 17.1 Å². The average Bonchev–Trinajstić information content (AvgIpc) is 2.96. The fraction of sp³-hybridized carbons (Fsp3) is 0. The van der Waals surface area contributed by atoms with E-state index in [4.69, 9.17) is 8.83 Å². The van der Waals surface area contributed by atoms with Crippen molar-refractivity contribution in [3.05, 3.63) is 65.0 Å². The molecule has 102 valence electrons. The van der Waals surface area contributed by atoms with Crippen molar-refractivity contribution in [2.75, 3.05) is 0 Å². The molecule has 0 fully saturated rings. The fourth-order valence-corrected chi connectivity index (χ4v) is 2.43. The van der Waals surface area contributed by atoms with Gasteiger partial charge >= 0.3 is 0 Å². The molecular weight excluding hydrogens is 268 g/mol. The second kappa shape index (κ2) is 4.24. The van der Waals surface area contributed by atoms with Crippen molar-refractivity contribution in [2.45, 2.75) is 0 Å². The second-order valence-electron chi connectivity index (χ2n) is 4.80. The van der Waals surface area contributed by atoms with Crippen LogP contribution in [-0.2, 0) is 0 Å². The van der Waals surface area contributed by atoms with E-state index in [1.165, 1.54) is 6.07 Å². The zero-order valence-corrected chi connectivity index (χ0v) is 10.9. The first-order valence-corrected chi connectivity index (χ1v) is 6.46. The topological polar surface area (TPSA) is 63.6 Å². The van der Waals surface area contributed by atoms with Crippen molar-refractivity contribution < 1.29 is 13.9 Å². The van der Waals surface area contributed by atoms with Gasteiger partial charge in [-0.15, -0.1) is 0 Å². The average molecular weight is 278 g/mol. The summed E-state index contributed by atoms with van der Waals surface area (Å²) < 4.78 is 11.2. The number of phenols is 1. The first kappa shape index (κ1) is 11.8. The molecule has 0 aliphatic rings. The Balaban J connectivity index is 2.07. The van der Waals surface area contributed by atoms with Gasteiger partial charge < -0.3 is 13.9 Å². The maximum atomic E-state index is 12.3. The van der Waals surface area contributed by atoms with E-state index in [9.17, 15) is 9.90 Å². The second-order valence-corrected chi connectivity index (χ2v) is 4.80. The summed E-state index contributed by atoms with van der Waals surface area (Å²) in [5, 5.41) is 10.6. The van der Waals surface area contributed by atoms with Gasteiger partial charge in [-0.05, 0) is 42.5 Å². The van der Waals surface area contributed by atoms with E-state index in [1.54, 1.807) is 48.7 Å². The summed E-state index contributed by atoms with van der Waals surface area (Å²) in [5.41, 5.74) is 1.81. The zero-order chi connectivity index (χ0) is 14.4. The SMILES string of the molecule is O=c1cc(-c2ccc(O)cc2)oc2c1ccc1occc12. The van der Waals surface area contributed by atoms with Crippen LogP contribution in [0.2, 0.25) is 0 Å². The van der Waals surface area contributed by atoms with Crippen LogP contribution in [0.4, 0.5) is 0 Å². The van der Waals surface area contributed by atoms with E-state index in [-0.39, 0.29) is 11.2 Å². The van der Waals surface area contributed by atoms with E-state index in [0.29, 0.717) is 22.3 Å². The van der Waals surface area contributed by atoms with Crippen molar-refractivity contribution in [1.29, 1.82) is 0 Å². The number of benzene rings is 2. The number of phenolic OH excluding ortho intramolecular Hbond substituents is 1. The van der Waals surface area contributed by atoms with Crippen LogP contribution in [0, 0.1) is 0 Å². The van der Waals surface area contributed by atoms with E-state index in [2.05, 4.69) is 0 Å². The standard InChI is InChI=1S/C17H10O4/c18-11-3-1-10(2-4-11)16-9-14(19)12-5-6-15-13(7-8-20-15)17(12)21-16/h1-9,18H. The third-order valence-electron chi connectivity index (χ3n) is 3.48. The molecule has 0 bridgehead atoms. The van der Waals surface area contributed by atoms with E-state index in [0.717, 1.165) is 10.9 Å². The molecule has 0 atom stereocenters. The lowest BCUT2D eigenvalue weighted by Crippen LogP contribution is -2.00. The van der Waals surface area contributed by atoms with E-state index < -0.39 is 0 Å². The third-order valence-corrected chi connectivity index (χ3v) is 3.48. The summed E-state index contributed by atoms with van der Waals surface area (Å²) in [6, 6.07) is 13.2. The molecule has 2 heterocycles. The normalized spacial score (nSPS) is 11.2. The van der Waals surface area contributed by atoms with Crippen molar-refractivity contribution in [3.63, 3.8) is 0 Å². The Kier molecular flexibility index (Phi) is 2.38. The maximum absolute atomic E-state index is 12.3. The van der Waals surface area contributed by atoms with Crippen molar-refractivity contribution in [2.24, 2.45) is 0 Å². The lowest BCUT2D eigenvalue weighted by atomic mass is 10.1. The van der Waals surface area contributed by atoms with Crippen molar-refractivity contribution >= 4 is 21.9 Å². The highest BCUT2D eigenvalue weighted by molar-refractivity contribution is 6.02. The minimum atomic E-state index is -0.109. The molecule has 21 heavy (non-hydrogen) atoms. The fourth-order valence-electron chi connectivity index (χ4n) is 2.43. The van der Waals surface area contributed by atoms with Crippen molar-refractivity contribution in [1.82, 2.24) is 0 Å². The van der Waals surface area contributed by atoms with Gasteiger partial charge in [0.25, 0.3) is 0 Å². The highest BCUT2D eigenvalue weighted by atomic mass is 16.3. The number of hydrogen-bond acceptors (Lipinski definition) is 4. The van der Waals surface area contributed by atoms with E-state index >= 15 is 0 Å². The number of furan rings is 1. The predicted molar refractivity (Wildman–Crippen MR) is 79.4 cm³/mol. The lowest BCUT2D eigenvalue weighted by Gasteiger charge is -2.04. The summed E-state index contributed by atoms with van der Waals surface area (Å²) in [5.74, 6) is 0.625. The Morgan fingerprint density at radius 1 is 0.905 bits per heavy atom. The van der Waals surface area contributed by atoms with Gasteiger partial charge in [-0.2, -0.15) is 0 Å². The Morgan fingerprint density at radius 3 is 2.52 bits per heavy atom. The maximum Gasteiger partial charge on any atom is 0.193 e. The van der Waals surface area contributed by atoms with Crippen LogP contribution >= 0.6 is 0 Å². The monoisotopic (exact) mass is 278 g/mol. The smallest absolute Gasteiger partial charge is 0.193 e. The number of aromatic hydroxyl groups is 1. The highest BCUT2D eigenvalue weighted by Crippen LogP contribution is 2.29. The molecule has 0 unspecified atom stereocenters. The molecular formula is C17H10O4. The molecule has 0 aliphatic heterocycles. The van der Waals surface area contributed by atoms with Gasteiger partial charge in [0, 0.05) is 11.6 Å². The lowest BCUT2D eigenvalue weighted by molar-refractivity contribution is 0.475. The van der Waals surface area contributed by atoms with Gasteiger partial charge in [-0.1, -0.05) is 0 Å². The molecule has 4 aromatic rings. The van der Waals surface area contributed by atoms with Crippen LogP contribution in [0.1, 0.15) is 0 Å². The third kappa shape index (κ3) is 1.80. The molecule has 4 rings (SSSR count). The van der Waals surface area contributed by atoms with Gasteiger partial charge in [-0.3, -0.25) is 4.79 Å². The van der Waals surface area contributed by atoms with E-state index in [1.807, 2.05) is 0 Å². The summed E-state index contributed by atoms with van der Waals surface area (Å²) >= 11 is 0. The van der Waals surface area contributed by atoms with Crippen LogP contribution < -0.4 is 5.43 Å².